The number of thioether (sulfide) groups is 1. The molecule has 2 amide bonds. The van der Waals surface area contributed by atoms with Crippen LogP contribution in [0.2, 0.25) is 0 Å². The molecule has 0 aliphatic rings. The number of aromatic nitrogens is 1. The van der Waals surface area contributed by atoms with E-state index in [4.69, 9.17) is 4.74 Å². The largest absolute Gasteiger partial charge is 0.496 e. The Balaban J connectivity index is 1.59. The predicted octanol–water partition coefficient (Wildman–Crippen LogP) is 4.51. The summed E-state index contributed by atoms with van der Waals surface area (Å²) in [5.74, 6) is 0.707. The molecule has 0 aliphatic heterocycles. The van der Waals surface area contributed by atoms with Crippen LogP contribution in [0, 0.1) is 0 Å². The number of anilines is 2. The van der Waals surface area contributed by atoms with Crippen LogP contribution in [0.5, 0.6) is 5.75 Å². The monoisotopic (exact) mass is 413 g/mol. The molecule has 1 aromatic heterocycles. The molecule has 3 aromatic rings. The van der Waals surface area contributed by atoms with Gasteiger partial charge < -0.3 is 15.4 Å². The van der Waals surface area contributed by atoms with Crippen LogP contribution < -0.4 is 15.4 Å². The predicted molar refractivity (Wildman–Crippen MR) is 114 cm³/mol. The van der Waals surface area contributed by atoms with Gasteiger partial charge in [-0.3, -0.25) is 9.59 Å². The third-order valence-electron chi connectivity index (χ3n) is 3.66. The molecule has 0 unspecified atom stereocenters. The van der Waals surface area contributed by atoms with Gasteiger partial charge in [-0.1, -0.05) is 18.2 Å². The molecule has 0 atom stereocenters. The summed E-state index contributed by atoms with van der Waals surface area (Å²) in [7, 11) is 1.62. The number of rotatable bonds is 7. The van der Waals surface area contributed by atoms with E-state index < -0.39 is 0 Å². The first-order valence-corrected chi connectivity index (χ1v) is 10.3. The zero-order chi connectivity index (χ0) is 19.9. The van der Waals surface area contributed by atoms with E-state index in [1.807, 2.05) is 47.8 Å². The molecule has 1 heterocycles. The van der Waals surface area contributed by atoms with Crippen molar-refractivity contribution in [2.75, 3.05) is 23.5 Å². The zero-order valence-electron chi connectivity index (χ0n) is 15.4. The minimum Gasteiger partial charge on any atom is -0.496 e. The van der Waals surface area contributed by atoms with E-state index in [1.165, 1.54) is 30.0 Å². The lowest BCUT2D eigenvalue weighted by Crippen LogP contribution is -2.13. The minimum atomic E-state index is -0.143. The average Bonchev–Trinajstić information content (AvgIpc) is 3.14. The summed E-state index contributed by atoms with van der Waals surface area (Å²) in [4.78, 5) is 28.8. The van der Waals surface area contributed by atoms with E-state index in [1.54, 1.807) is 13.2 Å². The van der Waals surface area contributed by atoms with Gasteiger partial charge in [0.25, 0.3) is 0 Å². The van der Waals surface area contributed by atoms with Gasteiger partial charge in [0.1, 0.15) is 5.75 Å². The van der Waals surface area contributed by atoms with Crippen LogP contribution in [0.15, 0.2) is 58.8 Å². The highest BCUT2D eigenvalue weighted by Gasteiger charge is 2.11. The van der Waals surface area contributed by atoms with Gasteiger partial charge in [0.05, 0.1) is 18.6 Å². The fourth-order valence-corrected chi connectivity index (χ4v) is 3.96. The van der Waals surface area contributed by atoms with Crippen LogP contribution in [0.4, 0.5) is 10.8 Å². The molecule has 28 heavy (non-hydrogen) atoms. The van der Waals surface area contributed by atoms with Gasteiger partial charge in [-0.05, 0) is 30.3 Å². The standard InChI is InChI=1S/C20H19N3O3S2/c1-13(24)21-14-6-5-7-15(10-14)27-12-19(25)23-20-22-17(11-28-20)16-8-3-4-9-18(16)26-2/h3-11H,12H2,1-2H3,(H,21,24)(H,22,23,25). The molecule has 0 aliphatic carbocycles. The van der Waals surface area contributed by atoms with Gasteiger partial charge in [0, 0.05) is 28.5 Å². The summed E-state index contributed by atoms with van der Waals surface area (Å²) in [6.07, 6.45) is 0. The van der Waals surface area contributed by atoms with Crippen molar-refractivity contribution >= 4 is 45.7 Å². The third kappa shape index (κ3) is 5.34. The Hall–Kier alpha value is -2.84. The van der Waals surface area contributed by atoms with Crippen LogP contribution in [0.1, 0.15) is 6.92 Å². The fourth-order valence-electron chi connectivity index (χ4n) is 2.48. The first kappa shape index (κ1) is 19.9. The normalized spacial score (nSPS) is 10.4. The number of hydrogen-bond acceptors (Lipinski definition) is 6. The van der Waals surface area contributed by atoms with Crippen molar-refractivity contribution in [3.8, 4) is 17.0 Å². The maximum Gasteiger partial charge on any atom is 0.236 e. The highest BCUT2D eigenvalue weighted by atomic mass is 32.2. The number of nitrogens with one attached hydrogen (secondary N) is 2. The van der Waals surface area contributed by atoms with Gasteiger partial charge >= 0.3 is 0 Å². The molecule has 0 radical (unpaired) electrons. The smallest absolute Gasteiger partial charge is 0.236 e. The van der Waals surface area contributed by atoms with Crippen molar-refractivity contribution in [1.29, 1.82) is 0 Å². The van der Waals surface area contributed by atoms with E-state index >= 15 is 0 Å². The van der Waals surface area contributed by atoms with Gasteiger partial charge in [0.15, 0.2) is 5.13 Å². The van der Waals surface area contributed by atoms with E-state index in [2.05, 4.69) is 15.6 Å². The second kappa shape index (κ2) is 9.38. The van der Waals surface area contributed by atoms with Crippen molar-refractivity contribution in [3.05, 3.63) is 53.9 Å². The summed E-state index contributed by atoms with van der Waals surface area (Å²) < 4.78 is 5.36. The van der Waals surface area contributed by atoms with Gasteiger partial charge in [-0.2, -0.15) is 0 Å². The maximum atomic E-state index is 12.3. The second-order valence-electron chi connectivity index (χ2n) is 5.78. The number of ether oxygens (including phenoxy) is 1. The molecule has 0 fully saturated rings. The van der Waals surface area contributed by atoms with Crippen LogP contribution in [0.25, 0.3) is 11.3 Å². The van der Waals surface area contributed by atoms with Crippen LogP contribution in [0.3, 0.4) is 0 Å². The number of amides is 2. The lowest BCUT2D eigenvalue weighted by Gasteiger charge is -2.06. The molecule has 0 spiro atoms. The fraction of sp³-hybridized carbons (Fsp3) is 0.150. The summed E-state index contributed by atoms with van der Waals surface area (Å²) in [6, 6.07) is 15.0. The quantitative estimate of drug-likeness (QED) is 0.557. The van der Waals surface area contributed by atoms with E-state index in [0.29, 0.717) is 10.8 Å². The highest BCUT2D eigenvalue weighted by Crippen LogP contribution is 2.32. The van der Waals surface area contributed by atoms with Gasteiger partial charge in [-0.15, -0.1) is 23.1 Å². The number of nitrogens with zero attached hydrogens (tertiary/aromatic N) is 1. The Labute approximate surface area is 171 Å². The topological polar surface area (TPSA) is 80.3 Å². The molecule has 0 saturated heterocycles. The van der Waals surface area contributed by atoms with Crippen molar-refractivity contribution in [2.45, 2.75) is 11.8 Å². The summed E-state index contributed by atoms with van der Waals surface area (Å²) in [6.45, 7) is 1.46. The second-order valence-corrected chi connectivity index (χ2v) is 7.69. The molecule has 2 aromatic carbocycles. The number of hydrogen-bond donors (Lipinski definition) is 2. The molecular formula is C20H19N3O3S2. The number of benzene rings is 2. The van der Waals surface area contributed by atoms with E-state index in [-0.39, 0.29) is 17.6 Å². The highest BCUT2D eigenvalue weighted by molar-refractivity contribution is 8.00. The average molecular weight is 414 g/mol. The SMILES string of the molecule is COc1ccccc1-c1csc(NC(=O)CSc2cccc(NC(C)=O)c2)n1. The number of thiazole rings is 1. The number of carbonyl (C=O) groups excluding carboxylic acids is 2. The number of carbonyl (C=O) groups is 2. The van der Waals surface area contributed by atoms with Crippen molar-refractivity contribution in [3.63, 3.8) is 0 Å². The van der Waals surface area contributed by atoms with E-state index in [0.717, 1.165) is 21.9 Å². The Morgan fingerprint density at radius 2 is 1.96 bits per heavy atom. The Bertz CT molecular complexity index is 988. The molecule has 2 N–H and O–H groups in total. The molecule has 8 heteroatoms. The lowest BCUT2D eigenvalue weighted by molar-refractivity contribution is -0.114. The number of para-hydroxylation sites is 1. The van der Waals surface area contributed by atoms with Gasteiger partial charge in [0.2, 0.25) is 11.8 Å². The first-order chi connectivity index (χ1) is 13.5. The Kier molecular flexibility index (Phi) is 6.67. The summed E-state index contributed by atoms with van der Waals surface area (Å²) in [5, 5.41) is 7.98. The Morgan fingerprint density at radius 3 is 2.75 bits per heavy atom. The van der Waals surface area contributed by atoms with E-state index in [9.17, 15) is 9.59 Å². The van der Waals surface area contributed by atoms with Crippen molar-refractivity contribution in [1.82, 2.24) is 4.98 Å². The van der Waals surface area contributed by atoms with Gasteiger partial charge in [-0.25, -0.2) is 4.98 Å². The zero-order valence-corrected chi connectivity index (χ0v) is 17.0. The van der Waals surface area contributed by atoms with Crippen LogP contribution >= 0.6 is 23.1 Å². The first-order valence-electron chi connectivity index (χ1n) is 8.44. The molecule has 144 valence electrons. The van der Waals surface area contributed by atoms with Crippen molar-refractivity contribution in [2.24, 2.45) is 0 Å². The van der Waals surface area contributed by atoms with Crippen molar-refractivity contribution < 1.29 is 14.3 Å². The molecular weight excluding hydrogens is 394 g/mol. The minimum absolute atomic E-state index is 0.130. The molecule has 3 rings (SSSR count). The molecule has 6 nitrogen and oxygen atoms in total. The maximum absolute atomic E-state index is 12.3. The number of methoxy groups -OCH3 is 1. The third-order valence-corrected chi connectivity index (χ3v) is 5.41. The molecule has 0 saturated carbocycles. The van der Waals surface area contributed by atoms with Crippen LogP contribution in [-0.4, -0.2) is 29.7 Å². The lowest BCUT2D eigenvalue weighted by atomic mass is 10.1. The Morgan fingerprint density at radius 1 is 1.14 bits per heavy atom. The summed E-state index contributed by atoms with van der Waals surface area (Å²) in [5.41, 5.74) is 2.35. The van der Waals surface area contributed by atoms with Crippen LogP contribution in [-0.2, 0) is 9.59 Å². The summed E-state index contributed by atoms with van der Waals surface area (Å²) >= 11 is 2.76. The molecule has 0 bridgehead atoms.